The molecule has 102 valence electrons. The number of nitrogens with zero attached hydrogens (tertiary/aromatic N) is 3. The largest absolute Gasteiger partial charge is 0.394 e. The van der Waals surface area contributed by atoms with E-state index in [4.69, 9.17) is 20.7 Å². The van der Waals surface area contributed by atoms with Gasteiger partial charge in [0.05, 0.1) is 19.3 Å². The zero-order valence-electron chi connectivity index (χ0n) is 9.80. The van der Waals surface area contributed by atoms with Crippen molar-refractivity contribution in [3.05, 3.63) is 16.8 Å². The van der Waals surface area contributed by atoms with Gasteiger partial charge in [-0.3, -0.25) is 4.57 Å². The summed E-state index contributed by atoms with van der Waals surface area (Å²) in [5, 5.41) is 27.4. The predicted molar refractivity (Wildman–Crippen MR) is 60.5 cm³/mol. The molecule has 2 atom stereocenters. The van der Waals surface area contributed by atoms with Gasteiger partial charge in [-0.2, -0.15) is 4.98 Å². The third-order valence-corrected chi connectivity index (χ3v) is 2.17. The van der Waals surface area contributed by atoms with Crippen LogP contribution in [-0.4, -0.2) is 55.3 Å². The van der Waals surface area contributed by atoms with E-state index in [-0.39, 0.29) is 5.95 Å². The van der Waals surface area contributed by atoms with Crippen LogP contribution in [0.15, 0.2) is 11.1 Å². The summed E-state index contributed by atoms with van der Waals surface area (Å²) in [5.74, 6) is -0.193. The molecule has 0 aromatic carbocycles. The number of ether oxygens (including phenoxy) is 1. The molecule has 2 unspecified atom stereocenters. The summed E-state index contributed by atoms with van der Waals surface area (Å²) in [6.45, 7) is 0.480. The quantitative estimate of drug-likeness (QED) is 0.438. The zero-order valence-corrected chi connectivity index (χ0v) is 9.80. The van der Waals surface area contributed by atoms with Crippen molar-refractivity contribution in [3.8, 4) is 0 Å². The van der Waals surface area contributed by atoms with Crippen LogP contribution in [-0.2, 0) is 4.74 Å². The standard InChI is InChI=1S/C9H16N4O5/c1-5(16)7(18-6(2-14)3-15)13-4-11-8(10)12-9(13)17/h4-7,14-16H,2-3H2,1H3,(H2,10,12,17). The van der Waals surface area contributed by atoms with E-state index in [0.29, 0.717) is 0 Å². The summed E-state index contributed by atoms with van der Waals surface area (Å²) < 4.78 is 6.14. The van der Waals surface area contributed by atoms with Crippen molar-refractivity contribution in [2.75, 3.05) is 18.9 Å². The number of hydrogen-bond acceptors (Lipinski definition) is 8. The highest BCUT2D eigenvalue weighted by Gasteiger charge is 2.23. The maximum absolute atomic E-state index is 11.6. The first-order valence-corrected chi connectivity index (χ1v) is 5.25. The first kappa shape index (κ1) is 14.5. The normalized spacial score (nSPS) is 14.7. The summed E-state index contributed by atoms with van der Waals surface area (Å²) in [7, 11) is 0. The maximum Gasteiger partial charge on any atom is 0.354 e. The number of aromatic nitrogens is 3. The minimum Gasteiger partial charge on any atom is -0.394 e. The lowest BCUT2D eigenvalue weighted by Gasteiger charge is -2.25. The average Bonchev–Trinajstić information content (AvgIpc) is 2.32. The predicted octanol–water partition coefficient (Wildman–Crippen LogP) is -2.53. The van der Waals surface area contributed by atoms with Gasteiger partial charge in [-0.15, -0.1) is 0 Å². The highest BCUT2D eigenvalue weighted by atomic mass is 16.5. The Morgan fingerprint density at radius 2 is 2.11 bits per heavy atom. The van der Waals surface area contributed by atoms with Gasteiger partial charge in [0.15, 0.2) is 6.23 Å². The highest BCUT2D eigenvalue weighted by Crippen LogP contribution is 2.13. The minimum absolute atomic E-state index is 0.193. The lowest BCUT2D eigenvalue weighted by molar-refractivity contribution is -0.138. The molecule has 0 aliphatic rings. The first-order valence-electron chi connectivity index (χ1n) is 5.25. The van der Waals surface area contributed by atoms with Gasteiger partial charge in [-0.05, 0) is 6.92 Å². The number of anilines is 1. The Kier molecular flexibility index (Phi) is 5.16. The molecule has 9 heteroatoms. The van der Waals surface area contributed by atoms with Crippen LogP contribution < -0.4 is 11.4 Å². The number of hydrogen-bond donors (Lipinski definition) is 4. The zero-order chi connectivity index (χ0) is 13.7. The van der Waals surface area contributed by atoms with E-state index in [2.05, 4.69) is 9.97 Å². The van der Waals surface area contributed by atoms with Gasteiger partial charge in [-0.25, -0.2) is 9.78 Å². The molecular formula is C9H16N4O5. The molecule has 0 aliphatic heterocycles. The van der Waals surface area contributed by atoms with Gasteiger partial charge >= 0.3 is 5.69 Å². The Morgan fingerprint density at radius 1 is 1.50 bits per heavy atom. The van der Waals surface area contributed by atoms with Gasteiger partial charge in [0.1, 0.15) is 12.4 Å². The topological polar surface area (TPSA) is 144 Å². The molecule has 0 aliphatic carbocycles. The molecule has 1 aromatic rings. The fourth-order valence-electron chi connectivity index (χ4n) is 1.28. The lowest BCUT2D eigenvalue weighted by atomic mass is 10.3. The fourth-order valence-corrected chi connectivity index (χ4v) is 1.28. The van der Waals surface area contributed by atoms with Gasteiger partial charge < -0.3 is 25.8 Å². The van der Waals surface area contributed by atoms with E-state index >= 15 is 0 Å². The van der Waals surface area contributed by atoms with E-state index in [1.807, 2.05) is 0 Å². The summed E-state index contributed by atoms with van der Waals surface area (Å²) in [5.41, 5.74) is 4.49. The number of aliphatic hydroxyl groups is 3. The lowest BCUT2D eigenvalue weighted by Crippen LogP contribution is -2.38. The molecule has 0 radical (unpaired) electrons. The number of aliphatic hydroxyl groups excluding tert-OH is 3. The fraction of sp³-hybridized carbons (Fsp3) is 0.667. The molecule has 1 rings (SSSR count). The second kappa shape index (κ2) is 6.40. The highest BCUT2D eigenvalue weighted by molar-refractivity contribution is 5.09. The van der Waals surface area contributed by atoms with Crippen molar-refractivity contribution >= 4 is 5.95 Å². The van der Waals surface area contributed by atoms with Crippen molar-refractivity contribution < 1.29 is 20.1 Å². The molecule has 1 heterocycles. The summed E-state index contributed by atoms with van der Waals surface area (Å²) in [4.78, 5) is 18.6. The van der Waals surface area contributed by atoms with Crippen molar-refractivity contribution in [1.82, 2.24) is 14.5 Å². The van der Waals surface area contributed by atoms with Crippen LogP contribution in [0, 0.1) is 0 Å². The van der Waals surface area contributed by atoms with E-state index in [9.17, 15) is 9.90 Å². The molecule has 0 bridgehead atoms. The van der Waals surface area contributed by atoms with Crippen molar-refractivity contribution in [2.24, 2.45) is 0 Å². The van der Waals surface area contributed by atoms with Crippen molar-refractivity contribution in [1.29, 1.82) is 0 Å². The van der Waals surface area contributed by atoms with E-state index in [0.717, 1.165) is 10.9 Å². The van der Waals surface area contributed by atoms with Gasteiger partial charge in [0.25, 0.3) is 0 Å². The Morgan fingerprint density at radius 3 is 2.56 bits per heavy atom. The molecule has 0 fully saturated rings. The summed E-state index contributed by atoms with van der Waals surface area (Å²) >= 11 is 0. The molecule has 0 spiro atoms. The van der Waals surface area contributed by atoms with Gasteiger partial charge in [0.2, 0.25) is 5.95 Å². The first-order chi connectivity index (χ1) is 8.49. The van der Waals surface area contributed by atoms with Gasteiger partial charge in [-0.1, -0.05) is 0 Å². The van der Waals surface area contributed by atoms with E-state index < -0.39 is 37.3 Å². The second-order valence-electron chi connectivity index (χ2n) is 3.66. The van der Waals surface area contributed by atoms with E-state index in [1.54, 1.807) is 0 Å². The van der Waals surface area contributed by atoms with Crippen LogP contribution in [0.2, 0.25) is 0 Å². The third kappa shape index (κ3) is 3.47. The number of nitrogens with two attached hydrogens (primary N) is 1. The van der Waals surface area contributed by atoms with Crippen molar-refractivity contribution in [2.45, 2.75) is 25.4 Å². The molecule has 5 N–H and O–H groups in total. The SMILES string of the molecule is CC(O)C(OC(CO)CO)n1cnc(N)nc1=O. The molecule has 18 heavy (non-hydrogen) atoms. The van der Waals surface area contributed by atoms with Crippen LogP contribution in [0.1, 0.15) is 13.2 Å². The Hall–Kier alpha value is -1.55. The molecule has 9 nitrogen and oxygen atoms in total. The van der Waals surface area contributed by atoms with Crippen LogP contribution in [0.4, 0.5) is 5.95 Å². The maximum atomic E-state index is 11.6. The third-order valence-electron chi connectivity index (χ3n) is 2.17. The van der Waals surface area contributed by atoms with Crippen LogP contribution in [0.25, 0.3) is 0 Å². The Labute approximate surface area is 102 Å². The average molecular weight is 260 g/mol. The van der Waals surface area contributed by atoms with E-state index in [1.165, 1.54) is 6.92 Å². The monoisotopic (exact) mass is 260 g/mol. The summed E-state index contributed by atoms with van der Waals surface area (Å²) in [6.07, 6.45) is -2.04. The Bertz CT molecular complexity index is 431. The minimum atomic E-state index is -1.12. The van der Waals surface area contributed by atoms with Crippen LogP contribution >= 0.6 is 0 Å². The smallest absolute Gasteiger partial charge is 0.354 e. The van der Waals surface area contributed by atoms with Gasteiger partial charge in [0, 0.05) is 0 Å². The molecule has 0 amide bonds. The van der Waals surface area contributed by atoms with Crippen LogP contribution in [0.5, 0.6) is 0 Å². The molecule has 0 saturated heterocycles. The second-order valence-corrected chi connectivity index (χ2v) is 3.66. The molecular weight excluding hydrogens is 244 g/mol. The van der Waals surface area contributed by atoms with Crippen LogP contribution in [0.3, 0.4) is 0 Å². The summed E-state index contributed by atoms with van der Waals surface area (Å²) in [6, 6.07) is 0. The molecule has 1 aromatic heterocycles. The molecule has 0 saturated carbocycles. The number of rotatable bonds is 6. The Balaban J connectivity index is 3.01. The number of nitrogen functional groups attached to an aromatic ring is 1. The van der Waals surface area contributed by atoms with Crippen molar-refractivity contribution in [3.63, 3.8) is 0 Å².